The van der Waals surface area contributed by atoms with E-state index in [-0.39, 0.29) is 28.2 Å². The summed E-state index contributed by atoms with van der Waals surface area (Å²) in [5.74, 6) is -1.54. The molecule has 49 heavy (non-hydrogen) atoms. The number of nitrogens with zero attached hydrogens (tertiary/aromatic N) is 2. The van der Waals surface area contributed by atoms with Crippen molar-refractivity contribution in [2.75, 3.05) is 12.9 Å². The first-order valence-electron chi connectivity index (χ1n) is 15.3. The van der Waals surface area contributed by atoms with E-state index in [0.29, 0.717) is 22.6 Å². The van der Waals surface area contributed by atoms with Gasteiger partial charge in [0.25, 0.3) is 11.8 Å². The van der Waals surface area contributed by atoms with Gasteiger partial charge in [-0.2, -0.15) is 4.99 Å². The highest BCUT2D eigenvalue weighted by Crippen LogP contribution is 2.29. The number of esters is 1. The normalized spacial score (nSPS) is 14.3. The highest BCUT2D eigenvalue weighted by molar-refractivity contribution is 8.14. The Morgan fingerprint density at radius 2 is 1.61 bits per heavy atom. The van der Waals surface area contributed by atoms with Crippen LogP contribution >= 0.6 is 11.8 Å². The quantitative estimate of drug-likeness (QED) is 0.0780. The van der Waals surface area contributed by atoms with Gasteiger partial charge in [0.05, 0.1) is 24.5 Å². The molecule has 0 saturated carbocycles. The lowest BCUT2D eigenvalue weighted by Crippen LogP contribution is -2.42. The van der Waals surface area contributed by atoms with Gasteiger partial charge in [-0.1, -0.05) is 109 Å². The average Bonchev–Trinajstić information content (AvgIpc) is 3.61. The Morgan fingerprint density at radius 3 is 2.20 bits per heavy atom. The Balaban J connectivity index is 1.39. The topological polar surface area (TPSA) is 118 Å². The number of hydrogen-bond donors (Lipinski definition) is 1. The lowest BCUT2D eigenvalue weighted by atomic mass is 9.99. The third kappa shape index (κ3) is 8.30. The number of carbonyl (C=O) groups is 4. The van der Waals surface area contributed by atoms with Crippen molar-refractivity contribution in [1.82, 2.24) is 10.2 Å². The van der Waals surface area contributed by atoms with E-state index >= 15 is 0 Å². The Kier molecular flexibility index (Phi) is 11.4. The van der Waals surface area contributed by atoms with Crippen LogP contribution in [0, 0.1) is 0 Å². The van der Waals surface area contributed by atoms with Gasteiger partial charge >= 0.3 is 5.97 Å². The van der Waals surface area contributed by atoms with E-state index < -0.39 is 23.8 Å². The first kappa shape index (κ1) is 34.3. The van der Waals surface area contributed by atoms with Gasteiger partial charge in [-0.15, -0.1) is 0 Å². The molecule has 1 aromatic heterocycles. The van der Waals surface area contributed by atoms with Crippen molar-refractivity contribution >= 4 is 46.7 Å². The van der Waals surface area contributed by atoms with Crippen molar-refractivity contribution in [2.45, 2.75) is 13.0 Å². The highest BCUT2D eigenvalue weighted by Gasteiger charge is 2.35. The van der Waals surface area contributed by atoms with Gasteiger partial charge in [0.15, 0.2) is 5.17 Å². The molecule has 3 amide bonds. The van der Waals surface area contributed by atoms with Gasteiger partial charge in [-0.05, 0) is 54.5 Å². The Morgan fingerprint density at radius 1 is 0.959 bits per heavy atom. The predicted molar refractivity (Wildman–Crippen MR) is 191 cm³/mol. The predicted octanol–water partition coefficient (Wildman–Crippen LogP) is 7.13. The van der Waals surface area contributed by atoms with Gasteiger partial charge in [-0.25, -0.2) is 4.79 Å². The minimum atomic E-state index is -0.765. The van der Waals surface area contributed by atoms with Crippen LogP contribution in [0.3, 0.4) is 0 Å². The molecule has 0 aliphatic carbocycles. The van der Waals surface area contributed by atoms with Crippen LogP contribution in [0.25, 0.3) is 17.4 Å². The monoisotopic (exact) mass is 671 g/mol. The second-order valence-electron chi connectivity index (χ2n) is 10.6. The first-order chi connectivity index (χ1) is 23.8. The summed E-state index contributed by atoms with van der Waals surface area (Å²) in [6.07, 6.45) is 7.93. The third-order valence-electron chi connectivity index (χ3n) is 7.42. The first-order valence-corrected chi connectivity index (χ1v) is 16.3. The zero-order valence-electron chi connectivity index (χ0n) is 26.9. The molecule has 0 fully saturated rings. The number of benzene rings is 3. The molecule has 1 aliphatic rings. The second-order valence-corrected chi connectivity index (χ2v) is 11.5. The summed E-state index contributed by atoms with van der Waals surface area (Å²) in [6, 6.07) is 28.8. The zero-order chi connectivity index (χ0) is 34.8. The number of amidine groups is 1. The molecule has 1 aliphatic heterocycles. The number of thioether (sulfide) groups is 1. The van der Waals surface area contributed by atoms with E-state index in [9.17, 15) is 19.2 Å². The molecular formula is C39H33N3O6S. The maximum absolute atomic E-state index is 14.0. The summed E-state index contributed by atoms with van der Waals surface area (Å²) in [7, 11) is 1.31. The van der Waals surface area contributed by atoms with Crippen LogP contribution in [-0.4, -0.2) is 46.6 Å². The van der Waals surface area contributed by atoms with E-state index in [1.54, 1.807) is 67.6 Å². The minimum Gasteiger partial charge on any atom is -0.465 e. The van der Waals surface area contributed by atoms with Crippen LogP contribution in [0.5, 0.6) is 0 Å². The number of ether oxygens (including phenoxy) is 1. The number of carbonyl (C=O) groups excluding carboxylic acids is 4. The maximum atomic E-state index is 14.0. The summed E-state index contributed by atoms with van der Waals surface area (Å²) in [4.78, 5) is 58.0. The molecule has 0 radical (unpaired) electrons. The summed E-state index contributed by atoms with van der Waals surface area (Å²) in [6.45, 7) is 5.46. The Labute approximate surface area is 288 Å². The van der Waals surface area contributed by atoms with Gasteiger partial charge in [-0.3, -0.25) is 19.3 Å². The minimum absolute atomic E-state index is 0.0610. The standard InChI is InChI=1S/C39H33N3O6S/c1-4-6-17-30(5-2)42-37(45)32(24-31-22-23-33(48-31)26-18-20-29(21-19-26)38(46)47-3)36(44)41-39(42)49-25-34(43)40-35(27-13-9-7-10-14-27)28-15-11-8-12-16-28/h4-24,35H,1,25H2,2-3H3,(H,40,43)/b17-6-,30-5+,32-24+. The van der Waals surface area contributed by atoms with Crippen LogP contribution in [0.1, 0.15) is 40.2 Å². The number of rotatable bonds is 11. The van der Waals surface area contributed by atoms with Crippen molar-refractivity contribution in [1.29, 1.82) is 0 Å². The van der Waals surface area contributed by atoms with Crippen LogP contribution in [0.15, 0.2) is 149 Å². The molecule has 0 unspecified atom stereocenters. The number of furan rings is 1. The highest BCUT2D eigenvalue weighted by atomic mass is 32.2. The van der Waals surface area contributed by atoms with Crippen LogP contribution in [-0.2, 0) is 19.1 Å². The summed E-state index contributed by atoms with van der Waals surface area (Å²) in [5.41, 5.74) is 3.12. The van der Waals surface area contributed by atoms with Crippen molar-refractivity contribution in [3.05, 3.63) is 162 Å². The Hall–Kier alpha value is -6.00. The van der Waals surface area contributed by atoms with Crippen LogP contribution in [0.4, 0.5) is 0 Å². The molecule has 0 atom stereocenters. The van der Waals surface area contributed by atoms with Gasteiger partial charge < -0.3 is 14.5 Å². The second kappa shape index (κ2) is 16.2. The smallest absolute Gasteiger partial charge is 0.337 e. The molecule has 10 heteroatoms. The average molecular weight is 672 g/mol. The fourth-order valence-corrected chi connectivity index (χ4v) is 5.82. The number of methoxy groups -OCH3 is 1. The number of allylic oxidation sites excluding steroid dienone is 4. The Bertz CT molecular complexity index is 1940. The largest absolute Gasteiger partial charge is 0.465 e. The number of nitrogens with one attached hydrogen (secondary N) is 1. The van der Waals surface area contributed by atoms with E-state index in [2.05, 4.69) is 16.9 Å². The maximum Gasteiger partial charge on any atom is 0.337 e. The molecule has 0 saturated heterocycles. The molecule has 4 aromatic rings. The zero-order valence-corrected chi connectivity index (χ0v) is 27.7. The fraction of sp³-hybridized carbons (Fsp3) is 0.103. The van der Waals surface area contributed by atoms with Gasteiger partial charge in [0.1, 0.15) is 17.1 Å². The van der Waals surface area contributed by atoms with E-state index in [1.165, 1.54) is 18.1 Å². The number of hydrogen-bond acceptors (Lipinski definition) is 7. The van der Waals surface area contributed by atoms with E-state index in [1.807, 2.05) is 60.7 Å². The van der Waals surface area contributed by atoms with Gasteiger partial charge in [0, 0.05) is 11.3 Å². The number of aliphatic imine (C=N–C) groups is 1. The molecule has 3 aromatic carbocycles. The van der Waals surface area contributed by atoms with Crippen molar-refractivity contribution < 1.29 is 28.3 Å². The molecule has 0 bridgehead atoms. The lowest BCUT2D eigenvalue weighted by molar-refractivity contribution is -0.126. The molecule has 0 spiro atoms. The summed E-state index contributed by atoms with van der Waals surface area (Å²) < 4.78 is 10.7. The van der Waals surface area contributed by atoms with Crippen LogP contribution < -0.4 is 5.32 Å². The molecule has 1 N–H and O–H groups in total. The summed E-state index contributed by atoms with van der Waals surface area (Å²) >= 11 is 0.983. The molecular weight excluding hydrogens is 639 g/mol. The van der Waals surface area contributed by atoms with Crippen LogP contribution in [0.2, 0.25) is 0 Å². The van der Waals surface area contributed by atoms with Crippen molar-refractivity contribution in [2.24, 2.45) is 4.99 Å². The fourth-order valence-electron chi connectivity index (χ4n) is 5.01. The lowest BCUT2D eigenvalue weighted by Gasteiger charge is -2.28. The van der Waals surface area contributed by atoms with E-state index in [0.717, 1.165) is 22.9 Å². The van der Waals surface area contributed by atoms with E-state index in [4.69, 9.17) is 9.15 Å². The summed E-state index contributed by atoms with van der Waals surface area (Å²) in [5, 5.41) is 3.14. The number of amides is 3. The van der Waals surface area contributed by atoms with Crippen molar-refractivity contribution in [3.63, 3.8) is 0 Å². The SMILES string of the molecule is C=C/C=C\C(=C/C)N1C(=O)/C(=C/c2ccc(-c3ccc(C(=O)OC)cc3)o2)C(=O)N=C1SCC(=O)NC(c1ccccc1)c1ccccc1. The molecule has 9 nitrogen and oxygen atoms in total. The molecule has 2 heterocycles. The van der Waals surface area contributed by atoms with Gasteiger partial charge in [0.2, 0.25) is 5.91 Å². The van der Waals surface area contributed by atoms with Crippen molar-refractivity contribution in [3.8, 4) is 11.3 Å². The third-order valence-corrected chi connectivity index (χ3v) is 8.36. The molecule has 246 valence electrons. The molecule has 5 rings (SSSR count).